The number of rotatable bonds is 6. The van der Waals surface area contributed by atoms with Crippen LogP contribution in [0.3, 0.4) is 0 Å². The largest absolute Gasteiger partial charge is 0.439 e. The number of fused-ring (bicyclic) bond motifs is 1. The van der Waals surface area contributed by atoms with Crippen LogP contribution in [0.4, 0.5) is 5.69 Å². The third-order valence-corrected chi connectivity index (χ3v) is 5.67. The van der Waals surface area contributed by atoms with E-state index >= 15 is 0 Å². The molecular formula is C25H20N6O4. The van der Waals surface area contributed by atoms with Crippen LogP contribution in [0.25, 0.3) is 5.82 Å². The first-order chi connectivity index (χ1) is 16.9. The fourth-order valence-corrected chi connectivity index (χ4v) is 3.70. The molecule has 5 rings (SSSR count). The summed E-state index contributed by atoms with van der Waals surface area (Å²) in [6.07, 6.45) is 3.10. The Kier molecular flexibility index (Phi) is 5.54. The Morgan fingerprint density at radius 1 is 0.943 bits per heavy atom. The summed E-state index contributed by atoms with van der Waals surface area (Å²) in [7, 11) is 0. The van der Waals surface area contributed by atoms with Crippen molar-refractivity contribution in [2.24, 2.45) is 0 Å². The SMILES string of the molecule is Cc1ncn(-c2cc(Oc3ccc(NC(=O)CN4C(=O)c5ccccc5C4=O)cc3)ncn2)c1C. The highest BCUT2D eigenvalue weighted by Gasteiger charge is 2.36. The van der Waals surface area contributed by atoms with Crippen LogP contribution in [-0.4, -0.2) is 48.7 Å². The summed E-state index contributed by atoms with van der Waals surface area (Å²) in [5.74, 6) is 0.0453. The molecular weight excluding hydrogens is 448 g/mol. The summed E-state index contributed by atoms with van der Waals surface area (Å²) in [5.41, 5.74) is 2.98. The number of carbonyl (C=O) groups is 3. The number of nitrogens with zero attached hydrogens (tertiary/aromatic N) is 5. The molecule has 0 bridgehead atoms. The molecule has 3 amide bonds. The maximum Gasteiger partial charge on any atom is 0.262 e. The molecule has 174 valence electrons. The second kappa shape index (κ2) is 8.82. The van der Waals surface area contributed by atoms with E-state index in [-0.39, 0.29) is 6.54 Å². The number of imide groups is 1. The summed E-state index contributed by atoms with van der Waals surface area (Å²) in [5, 5.41) is 2.69. The summed E-state index contributed by atoms with van der Waals surface area (Å²) in [4.78, 5) is 51.0. The molecule has 0 radical (unpaired) electrons. The second-order valence-corrected chi connectivity index (χ2v) is 7.92. The maximum atomic E-state index is 12.5. The van der Waals surface area contributed by atoms with Gasteiger partial charge < -0.3 is 10.1 Å². The van der Waals surface area contributed by atoms with Gasteiger partial charge in [-0.2, -0.15) is 0 Å². The Hall–Kier alpha value is -4.86. The van der Waals surface area contributed by atoms with Crippen LogP contribution in [0.5, 0.6) is 11.6 Å². The third-order valence-electron chi connectivity index (χ3n) is 5.67. The molecule has 1 N–H and O–H groups in total. The zero-order chi connectivity index (χ0) is 24.5. The lowest BCUT2D eigenvalue weighted by atomic mass is 10.1. The first kappa shape index (κ1) is 22.0. The first-order valence-corrected chi connectivity index (χ1v) is 10.8. The number of aromatic nitrogens is 4. The molecule has 1 aliphatic rings. The number of ether oxygens (including phenoxy) is 1. The summed E-state index contributed by atoms with van der Waals surface area (Å²) >= 11 is 0. The molecule has 2 aromatic carbocycles. The van der Waals surface area contributed by atoms with Crippen molar-refractivity contribution in [1.82, 2.24) is 24.4 Å². The number of amides is 3. The van der Waals surface area contributed by atoms with E-state index in [1.54, 1.807) is 60.9 Å². The summed E-state index contributed by atoms with van der Waals surface area (Å²) in [6, 6.07) is 14.9. The average molecular weight is 468 g/mol. The predicted octanol–water partition coefficient (Wildman–Crippen LogP) is 3.31. The predicted molar refractivity (Wildman–Crippen MR) is 126 cm³/mol. The molecule has 35 heavy (non-hydrogen) atoms. The lowest BCUT2D eigenvalue weighted by Gasteiger charge is -2.14. The van der Waals surface area contributed by atoms with Crippen molar-refractivity contribution in [2.75, 3.05) is 11.9 Å². The fourth-order valence-electron chi connectivity index (χ4n) is 3.70. The number of imidazole rings is 1. The number of nitrogens with one attached hydrogen (secondary N) is 1. The number of carbonyl (C=O) groups excluding carboxylic acids is 3. The van der Waals surface area contributed by atoms with Crippen LogP contribution in [0.2, 0.25) is 0 Å². The fraction of sp³-hybridized carbons (Fsp3) is 0.120. The van der Waals surface area contributed by atoms with Gasteiger partial charge >= 0.3 is 0 Å². The minimum Gasteiger partial charge on any atom is -0.439 e. The van der Waals surface area contributed by atoms with E-state index < -0.39 is 17.7 Å². The topological polar surface area (TPSA) is 119 Å². The number of hydrogen-bond donors (Lipinski definition) is 1. The molecule has 3 heterocycles. The van der Waals surface area contributed by atoms with E-state index in [9.17, 15) is 14.4 Å². The van der Waals surface area contributed by atoms with E-state index in [0.717, 1.165) is 16.3 Å². The Morgan fingerprint density at radius 2 is 1.63 bits per heavy atom. The van der Waals surface area contributed by atoms with Gasteiger partial charge in [-0.1, -0.05) is 12.1 Å². The molecule has 0 aliphatic carbocycles. The molecule has 0 saturated carbocycles. The minimum absolute atomic E-state index is 0.304. The van der Waals surface area contributed by atoms with Gasteiger partial charge in [-0.15, -0.1) is 0 Å². The average Bonchev–Trinajstić information content (AvgIpc) is 3.32. The van der Waals surface area contributed by atoms with Crippen molar-refractivity contribution in [2.45, 2.75) is 13.8 Å². The quantitative estimate of drug-likeness (QED) is 0.431. The van der Waals surface area contributed by atoms with Crippen LogP contribution < -0.4 is 10.1 Å². The zero-order valence-corrected chi connectivity index (χ0v) is 18.9. The summed E-state index contributed by atoms with van der Waals surface area (Å²) < 4.78 is 7.67. The van der Waals surface area contributed by atoms with Gasteiger partial charge in [0.25, 0.3) is 11.8 Å². The molecule has 0 atom stereocenters. The van der Waals surface area contributed by atoms with Crippen LogP contribution in [0, 0.1) is 13.8 Å². The van der Waals surface area contributed by atoms with Crippen molar-refractivity contribution >= 4 is 23.4 Å². The van der Waals surface area contributed by atoms with Crippen LogP contribution in [0.1, 0.15) is 32.1 Å². The molecule has 1 aliphatic heterocycles. The summed E-state index contributed by atoms with van der Waals surface area (Å²) in [6.45, 7) is 3.50. The normalized spacial score (nSPS) is 12.6. The monoisotopic (exact) mass is 468 g/mol. The first-order valence-electron chi connectivity index (χ1n) is 10.8. The number of anilines is 1. The zero-order valence-electron chi connectivity index (χ0n) is 18.9. The van der Waals surface area contributed by atoms with E-state index in [4.69, 9.17) is 4.74 Å². The Morgan fingerprint density at radius 3 is 2.26 bits per heavy atom. The Labute approximate surface area is 200 Å². The van der Waals surface area contributed by atoms with Gasteiger partial charge in [0.1, 0.15) is 30.8 Å². The highest BCUT2D eigenvalue weighted by Crippen LogP contribution is 2.24. The van der Waals surface area contributed by atoms with E-state index in [2.05, 4.69) is 20.3 Å². The Bertz CT molecular complexity index is 1430. The van der Waals surface area contributed by atoms with Crippen molar-refractivity contribution < 1.29 is 19.1 Å². The number of benzene rings is 2. The highest BCUT2D eigenvalue weighted by molar-refractivity contribution is 6.22. The molecule has 0 saturated heterocycles. The lowest BCUT2D eigenvalue weighted by Crippen LogP contribution is -2.37. The maximum absolute atomic E-state index is 12.5. The standard InChI is InChI=1S/C25H20N6O4/c1-15-16(2)31(14-28-15)21-11-23(27-13-26-21)35-18-9-7-17(8-10-18)29-22(32)12-30-24(33)19-5-3-4-6-20(19)25(30)34/h3-11,13-14H,12H2,1-2H3,(H,29,32). The van der Waals surface area contributed by atoms with Gasteiger partial charge in [-0.05, 0) is 50.2 Å². The van der Waals surface area contributed by atoms with Gasteiger partial charge in [0.15, 0.2) is 0 Å². The van der Waals surface area contributed by atoms with Gasteiger partial charge in [0.2, 0.25) is 11.8 Å². The highest BCUT2D eigenvalue weighted by atomic mass is 16.5. The molecule has 0 spiro atoms. The molecule has 0 unspecified atom stereocenters. The molecule has 2 aromatic heterocycles. The smallest absolute Gasteiger partial charge is 0.262 e. The van der Waals surface area contributed by atoms with Gasteiger partial charge in [0, 0.05) is 17.4 Å². The second-order valence-electron chi connectivity index (χ2n) is 7.92. The Balaban J connectivity index is 1.22. The molecule has 4 aromatic rings. The van der Waals surface area contributed by atoms with Gasteiger partial charge in [-0.25, -0.2) is 15.0 Å². The van der Waals surface area contributed by atoms with Crippen molar-refractivity contribution in [3.8, 4) is 17.4 Å². The minimum atomic E-state index is -0.486. The van der Waals surface area contributed by atoms with Crippen molar-refractivity contribution in [1.29, 1.82) is 0 Å². The van der Waals surface area contributed by atoms with Gasteiger partial charge in [-0.3, -0.25) is 23.9 Å². The van der Waals surface area contributed by atoms with Crippen LogP contribution in [-0.2, 0) is 4.79 Å². The van der Waals surface area contributed by atoms with Crippen molar-refractivity contribution in [3.63, 3.8) is 0 Å². The van der Waals surface area contributed by atoms with Gasteiger partial charge in [0.05, 0.1) is 16.8 Å². The number of hydrogen-bond acceptors (Lipinski definition) is 7. The lowest BCUT2D eigenvalue weighted by molar-refractivity contribution is -0.116. The third kappa shape index (κ3) is 4.24. The van der Waals surface area contributed by atoms with Crippen LogP contribution >= 0.6 is 0 Å². The van der Waals surface area contributed by atoms with E-state index in [1.807, 2.05) is 18.4 Å². The number of aryl methyl sites for hydroxylation is 1. The van der Waals surface area contributed by atoms with Crippen molar-refractivity contribution in [3.05, 3.63) is 89.8 Å². The van der Waals surface area contributed by atoms with E-state index in [1.165, 1.54) is 6.33 Å². The van der Waals surface area contributed by atoms with E-state index in [0.29, 0.717) is 34.3 Å². The molecule has 10 heteroatoms. The molecule has 10 nitrogen and oxygen atoms in total. The van der Waals surface area contributed by atoms with Crippen LogP contribution in [0.15, 0.2) is 67.3 Å². The molecule has 0 fully saturated rings.